The van der Waals surface area contributed by atoms with Crippen molar-refractivity contribution in [1.82, 2.24) is 15.1 Å². The van der Waals surface area contributed by atoms with E-state index in [-0.39, 0.29) is 24.1 Å². The Balaban J connectivity index is 1.20. The molecule has 0 aromatic heterocycles. The molecule has 1 N–H and O–H groups in total. The van der Waals surface area contributed by atoms with Gasteiger partial charge >= 0.3 is 0 Å². The maximum atomic E-state index is 12.9. The highest BCUT2D eigenvalue weighted by Gasteiger charge is 2.39. The summed E-state index contributed by atoms with van der Waals surface area (Å²) in [6.45, 7) is 5.03. The van der Waals surface area contributed by atoms with Crippen LogP contribution in [0.1, 0.15) is 60.9 Å². The smallest absolute Gasteiger partial charge is 0.255 e. The number of likely N-dealkylation sites (tertiary alicyclic amines) is 1. The molecule has 3 amide bonds. The number of carbonyl (C=O) groups is 3. The predicted octanol–water partition coefficient (Wildman–Crippen LogP) is 2.11. The molecule has 5 rings (SSSR count). The normalized spacial score (nSPS) is 26.9. The first-order chi connectivity index (χ1) is 16.1. The lowest BCUT2D eigenvalue weighted by molar-refractivity contribution is -0.136. The van der Waals surface area contributed by atoms with Crippen LogP contribution in [0.5, 0.6) is 5.75 Å². The number of hydrogen-bond donors (Lipinski definition) is 1. The maximum absolute atomic E-state index is 12.9. The number of nitrogens with zero attached hydrogens (tertiary/aromatic N) is 2. The molecule has 3 fully saturated rings. The minimum absolute atomic E-state index is 0.152. The van der Waals surface area contributed by atoms with E-state index in [4.69, 9.17) is 9.47 Å². The fourth-order valence-electron chi connectivity index (χ4n) is 5.58. The topological polar surface area (TPSA) is 88.2 Å². The van der Waals surface area contributed by atoms with Crippen LogP contribution in [0.3, 0.4) is 0 Å². The van der Waals surface area contributed by atoms with Gasteiger partial charge in [-0.25, -0.2) is 0 Å². The van der Waals surface area contributed by atoms with E-state index in [1.165, 1.54) is 12.8 Å². The third-order valence-corrected chi connectivity index (χ3v) is 7.52. The van der Waals surface area contributed by atoms with E-state index in [1.807, 2.05) is 12.1 Å². The van der Waals surface area contributed by atoms with E-state index in [2.05, 4.69) is 10.2 Å². The SMILES string of the molecule is O=C1CCC(N2Cc3cc(OCC4CCCCN4CC4CCOCC4)ccc3C2=O)C(=O)N1. The molecule has 0 spiro atoms. The number of piperidine rings is 2. The summed E-state index contributed by atoms with van der Waals surface area (Å²) < 4.78 is 11.7. The molecule has 8 nitrogen and oxygen atoms in total. The van der Waals surface area contributed by atoms with Crippen LogP contribution in [-0.4, -0.2) is 72.5 Å². The minimum Gasteiger partial charge on any atom is -0.492 e. The van der Waals surface area contributed by atoms with Gasteiger partial charge in [-0.1, -0.05) is 6.42 Å². The van der Waals surface area contributed by atoms with Crippen molar-refractivity contribution in [3.63, 3.8) is 0 Å². The van der Waals surface area contributed by atoms with Crippen molar-refractivity contribution >= 4 is 17.7 Å². The van der Waals surface area contributed by atoms with Crippen molar-refractivity contribution in [1.29, 1.82) is 0 Å². The van der Waals surface area contributed by atoms with Gasteiger partial charge in [-0.2, -0.15) is 0 Å². The van der Waals surface area contributed by atoms with Crippen molar-refractivity contribution in [3.8, 4) is 5.75 Å². The van der Waals surface area contributed by atoms with Gasteiger partial charge in [0.25, 0.3) is 5.91 Å². The molecule has 2 atom stereocenters. The number of amides is 3. The molecule has 1 aromatic rings. The van der Waals surface area contributed by atoms with Gasteiger partial charge in [-0.15, -0.1) is 0 Å². The molecule has 0 saturated carbocycles. The molecular formula is C25H33N3O5. The lowest BCUT2D eigenvalue weighted by Gasteiger charge is -2.38. The molecule has 178 valence electrons. The van der Waals surface area contributed by atoms with Gasteiger partial charge < -0.3 is 14.4 Å². The highest BCUT2D eigenvalue weighted by molar-refractivity contribution is 6.05. The molecule has 8 heteroatoms. The van der Waals surface area contributed by atoms with Crippen molar-refractivity contribution in [2.24, 2.45) is 5.92 Å². The Labute approximate surface area is 194 Å². The number of carbonyl (C=O) groups excluding carboxylic acids is 3. The van der Waals surface area contributed by atoms with E-state index in [1.54, 1.807) is 11.0 Å². The van der Waals surface area contributed by atoms with Crippen molar-refractivity contribution in [2.75, 3.05) is 32.9 Å². The molecule has 2 unspecified atom stereocenters. The Kier molecular flexibility index (Phi) is 6.64. The van der Waals surface area contributed by atoms with Crippen LogP contribution >= 0.6 is 0 Å². The van der Waals surface area contributed by atoms with Crippen LogP contribution in [0, 0.1) is 5.92 Å². The Morgan fingerprint density at radius 3 is 2.73 bits per heavy atom. The van der Waals surface area contributed by atoms with E-state index in [9.17, 15) is 14.4 Å². The van der Waals surface area contributed by atoms with Crippen LogP contribution in [0.4, 0.5) is 0 Å². The van der Waals surface area contributed by atoms with Crippen molar-refractivity contribution < 1.29 is 23.9 Å². The van der Waals surface area contributed by atoms with Crippen molar-refractivity contribution in [2.45, 2.75) is 63.6 Å². The van der Waals surface area contributed by atoms with Gasteiger partial charge in [0.1, 0.15) is 18.4 Å². The molecule has 3 saturated heterocycles. The lowest BCUT2D eigenvalue weighted by atomic mass is 9.96. The molecule has 0 radical (unpaired) electrons. The van der Waals surface area contributed by atoms with E-state index in [0.29, 0.717) is 37.1 Å². The van der Waals surface area contributed by atoms with Gasteiger partial charge in [0.15, 0.2) is 0 Å². The van der Waals surface area contributed by atoms with Gasteiger partial charge in [0.2, 0.25) is 11.8 Å². The standard InChI is InChI=1S/C25H33N3O5/c29-23-7-6-22(24(30)26-23)28-15-18-13-20(4-5-21(18)25(28)31)33-16-19-3-1-2-10-27(19)14-17-8-11-32-12-9-17/h4-5,13,17,19,22H,1-3,6-12,14-16H2,(H,26,29,30). The summed E-state index contributed by atoms with van der Waals surface area (Å²) in [6.07, 6.45) is 6.55. The number of nitrogens with one attached hydrogen (secondary N) is 1. The van der Waals surface area contributed by atoms with E-state index in [0.717, 1.165) is 56.9 Å². The Bertz CT molecular complexity index is 913. The zero-order valence-corrected chi connectivity index (χ0v) is 19.1. The number of hydrogen-bond acceptors (Lipinski definition) is 6. The number of fused-ring (bicyclic) bond motifs is 1. The second kappa shape index (κ2) is 9.81. The van der Waals surface area contributed by atoms with Crippen LogP contribution in [0.15, 0.2) is 18.2 Å². The van der Waals surface area contributed by atoms with Crippen LogP contribution < -0.4 is 10.1 Å². The average molecular weight is 456 g/mol. The second-order valence-corrected chi connectivity index (χ2v) is 9.73. The van der Waals surface area contributed by atoms with Crippen LogP contribution in [0.2, 0.25) is 0 Å². The Hall–Kier alpha value is -2.45. The molecule has 1 aromatic carbocycles. The number of imide groups is 1. The summed E-state index contributed by atoms with van der Waals surface area (Å²) in [4.78, 5) is 40.7. The van der Waals surface area contributed by atoms with Crippen molar-refractivity contribution in [3.05, 3.63) is 29.3 Å². The summed E-state index contributed by atoms with van der Waals surface area (Å²) >= 11 is 0. The number of ether oxygens (including phenoxy) is 2. The third kappa shape index (κ3) is 4.92. The number of benzene rings is 1. The van der Waals surface area contributed by atoms with E-state index >= 15 is 0 Å². The molecule has 0 bridgehead atoms. The van der Waals surface area contributed by atoms with E-state index < -0.39 is 6.04 Å². The predicted molar refractivity (Wildman–Crippen MR) is 121 cm³/mol. The molecule has 4 aliphatic heterocycles. The Morgan fingerprint density at radius 1 is 1.06 bits per heavy atom. The summed E-state index contributed by atoms with van der Waals surface area (Å²) in [5.41, 5.74) is 1.50. The van der Waals surface area contributed by atoms with Crippen LogP contribution in [-0.2, 0) is 20.9 Å². The molecular weight excluding hydrogens is 422 g/mol. The number of rotatable bonds is 6. The Morgan fingerprint density at radius 2 is 1.91 bits per heavy atom. The van der Waals surface area contributed by atoms with Gasteiger partial charge in [-0.05, 0) is 68.3 Å². The van der Waals surface area contributed by atoms with Gasteiger partial charge in [0.05, 0.1) is 0 Å². The lowest BCUT2D eigenvalue weighted by Crippen LogP contribution is -2.52. The fourth-order valence-corrected chi connectivity index (χ4v) is 5.58. The van der Waals surface area contributed by atoms with Crippen LogP contribution in [0.25, 0.3) is 0 Å². The minimum atomic E-state index is -0.590. The first-order valence-corrected chi connectivity index (χ1v) is 12.3. The largest absolute Gasteiger partial charge is 0.492 e. The zero-order chi connectivity index (χ0) is 22.8. The molecule has 4 heterocycles. The maximum Gasteiger partial charge on any atom is 0.255 e. The second-order valence-electron chi connectivity index (χ2n) is 9.73. The zero-order valence-electron chi connectivity index (χ0n) is 19.1. The first-order valence-electron chi connectivity index (χ1n) is 12.3. The third-order valence-electron chi connectivity index (χ3n) is 7.52. The molecule has 0 aliphatic carbocycles. The highest BCUT2D eigenvalue weighted by atomic mass is 16.5. The summed E-state index contributed by atoms with van der Waals surface area (Å²) in [7, 11) is 0. The highest BCUT2D eigenvalue weighted by Crippen LogP contribution is 2.31. The van der Waals surface area contributed by atoms with Gasteiger partial charge in [-0.3, -0.25) is 24.6 Å². The monoisotopic (exact) mass is 455 g/mol. The fraction of sp³-hybridized carbons (Fsp3) is 0.640. The molecule has 4 aliphatic rings. The summed E-state index contributed by atoms with van der Waals surface area (Å²) in [6, 6.07) is 5.42. The molecule has 33 heavy (non-hydrogen) atoms. The summed E-state index contributed by atoms with van der Waals surface area (Å²) in [5.74, 6) is 0.670. The summed E-state index contributed by atoms with van der Waals surface area (Å²) in [5, 5.41) is 2.35. The first kappa shape index (κ1) is 22.3. The van der Waals surface area contributed by atoms with Gasteiger partial charge in [0, 0.05) is 44.3 Å². The quantitative estimate of drug-likeness (QED) is 0.661. The average Bonchev–Trinajstić information content (AvgIpc) is 3.14.